The first-order valence-corrected chi connectivity index (χ1v) is 9.90. The molecule has 3 rings (SSSR count). The number of carbonyl (C=O) groups excluding carboxylic acids is 4. The van der Waals surface area contributed by atoms with Gasteiger partial charge in [0.25, 0.3) is 0 Å². The molecule has 3 aliphatic rings. The van der Waals surface area contributed by atoms with Crippen molar-refractivity contribution in [3.05, 3.63) is 0 Å². The summed E-state index contributed by atoms with van der Waals surface area (Å²) in [5.41, 5.74) is -1.16. The van der Waals surface area contributed by atoms with Gasteiger partial charge in [-0.2, -0.15) is 0 Å². The number of unbranched alkanes of at least 4 members (excludes halogenated alkanes) is 1. The lowest BCUT2D eigenvalue weighted by Crippen LogP contribution is -2.56. The van der Waals surface area contributed by atoms with E-state index in [0.717, 1.165) is 19.3 Å². The molecule has 3 saturated carbocycles. The number of ketones is 3. The van der Waals surface area contributed by atoms with Crippen molar-refractivity contribution >= 4 is 23.3 Å². The van der Waals surface area contributed by atoms with Gasteiger partial charge in [-0.3, -0.25) is 19.2 Å². The molecule has 0 spiro atoms. The first-order valence-electron chi connectivity index (χ1n) is 9.90. The Morgan fingerprint density at radius 2 is 1.77 bits per heavy atom. The van der Waals surface area contributed by atoms with E-state index in [2.05, 4.69) is 4.74 Å². The van der Waals surface area contributed by atoms with Gasteiger partial charge in [0.05, 0.1) is 7.11 Å². The predicted octanol–water partition coefficient (Wildman–Crippen LogP) is 3.28. The summed E-state index contributed by atoms with van der Waals surface area (Å²) in [7, 11) is 1.37. The number of fused-ring (bicyclic) bond motifs is 3. The quantitative estimate of drug-likeness (QED) is 0.554. The highest BCUT2D eigenvalue weighted by Gasteiger charge is 2.62. The van der Waals surface area contributed by atoms with Gasteiger partial charge in [-0.25, -0.2) is 0 Å². The van der Waals surface area contributed by atoms with Gasteiger partial charge in [-0.05, 0) is 37.5 Å². The molecular formula is C21H30O5. The Bertz CT molecular complexity index is 638. The summed E-state index contributed by atoms with van der Waals surface area (Å²) in [4.78, 5) is 49.6. The van der Waals surface area contributed by atoms with Crippen molar-refractivity contribution in [1.82, 2.24) is 0 Å². The Balaban J connectivity index is 1.78. The third-order valence-electron chi connectivity index (χ3n) is 7.55. The summed E-state index contributed by atoms with van der Waals surface area (Å²) < 4.78 is 4.67. The summed E-state index contributed by atoms with van der Waals surface area (Å²) in [6, 6.07) is 0. The monoisotopic (exact) mass is 362 g/mol. The van der Waals surface area contributed by atoms with Crippen molar-refractivity contribution in [2.75, 3.05) is 7.11 Å². The molecule has 4 unspecified atom stereocenters. The average Bonchev–Trinajstić information content (AvgIpc) is 2.89. The van der Waals surface area contributed by atoms with Crippen molar-refractivity contribution in [3.8, 4) is 0 Å². The van der Waals surface area contributed by atoms with Gasteiger partial charge < -0.3 is 4.74 Å². The van der Waals surface area contributed by atoms with Crippen LogP contribution in [0.25, 0.3) is 0 Å². The van der Waals surface area contributed by atoms with Gasteiger partial charge in [0.15, 0.2) is 0 Å². The van der Waals surface area contributed by atoms with E-state index in [0.29, 0.717) is 38.5 Å². The van der Waals surface area contributed by atoms with Crippen LogP contribution >= 0.6 is 0 Å². The van der Waals surface area contributed by atoms with E-state index in [1.54, 1.807) is 0 Å². The molecule has 144 valence electrons. The lowest BCUT2D eigenvalue weighted by atomic mass is 9.48. The first kappa shape index (κ1) is 19.2. The van der Waals surface area contributed by atoms with Gasteiger partial charge in [0.1, 0.15) is 17.3 Å². The van der Waals surface area contributed by atoms with E-state index in [9.17, 15) is 19.2 Å². The smallest absolute Gasteiger partial charge is 0.305 e. The van der Waals surface area contributed by atoms with Crippen LogP contribution in [0.15, 0.2) is 0 Å². The molecule has 5 atom stereocenters. The summed E-state index contributed by atoms with van der Waals surface area (Å²) in [6.45, 7) is 3.91. The third-order valence-corrected chi connectivity index (χ3v) is 7.55. The van der Waals surface area contributed by atoms with Crippen LogP contribution in [0.5, 0.6) is 0 Å². The molecule has 3 fully saturated rings. The normalized spacial score (nSPS) is 39.5. The summed E-state index contributed by atoms with van der Waals surface area (Å²) in [5.74, 6) is 0.399. The van der Waals surface area contributed by atoms with Crippen molar-refractivity contribution in [1.29, 1.82) is 0 Å². The fourth-order valence-corrected chi connectivity index (χ4v) is 6.07. The van der Waals surface area contributed by atoms with Crippen LogP contribution in [0.2, 0.25) is 0 Å². The SMILES string of the molecule is COC(=O)CCCC[C@@]1(C)C(=O)CCC2C3CCC(=O)C3(C)CC(=O)C21. The number of ether oxygens (including phenoxy) is 1. The van der Waals surface area contributed by atoms with Crippen molar-refractivity contribution in [3.63, 3.8) is 0 Å². The van der Waals surface area contributed by atoms with Crippen LogP contribution in [0.3, 0.4) is 0 Å². The Morgan fingerprint density at radius 1 is 1.08 bits per heavy atom. The van der Waals surface area contributed by atoms with Crippen LogP contribution < -0.4 is 0 Å². The molecule has 0 aromatic heterocycles. The zero-order valence-electron chi connectivity index (χ0n) is 16.1. The minimum atomic E-state index is -0.650. The van der Waals surface area contributed by atoms with E-state index < -0.39 is 10.8 Å². The first-order chi connectivity index (χ1) is 12.2. The lowest BCUT2D eigenvalue weighted by molar-refractivity contribution is -0.160. The van der Waals surface area contributed by atoms with E-state index in [1.807, 2.05) is 13.8 Å². The minimum absolute atomic E-state index is 0.104. The molecule has 26 heavy (non-hydrogen) atoms. The maximum atomic E-state index is 13.1. The standard InChI is InChI=1S/C21H30O5/c1-20(11-5-4-6-18(25)26-3)16(23)9-7-13-14-8-10-17(24)21(14,2)12-15(22)19(13)20/h13-14,19H,4-12H2,1-3H3/t13?,14?,19?,20-,21?/m0/s1. The summed E-state index contributed by atoms with van der Waals surface area (Å²) in [5, 5.41) is 0. The second-order valence-corrected chi connectivity index (χ2v) is 8.93. The molecule has 0 bridgehead atoms. The van der Waals surface area contributed by atoms with Crippen molar-refractivity contribution in [2.45, 2.75) is 71.6 Å². The maximum absolute atomic E-state index is 13.1. The fraction of sp³-hybridized carbons (Fsp3) is 0.810. The van der Waals surface area contributed by atoms with Crippen LogP contribution in [-0.2, 0) is 23.9 Å². The number of Topliss-reactive ketones (excluding diaryl/α,β-unsaturated/α-hetero) is 3. The van der Waals surface area contributed by atoms with Gasteiger partial charge in [0.2, 0.25) is 0 Å². The maximum Gasteiger partial charge on any atom is 0.305 e. The predicted molar refractivity (Wildman–Crippen MR) is 95.3 cm³/mol. The topological polar surface area (TPSA) is 77.5 Å². The molecule has 0 radical (unpaired) electrons. The van der Waals surface area contributed by atoms with E-state index in [1.165, 1.54) is 7.11 Å². The molecule has 5 heteroatoms. The molecule has 0 aromatic rings. The number of rotatable bonds is 5. The second-order valence-electron chi connectivity index (χ2n) is 8.93. The number of hydrogen-bond acceptors (Lipinski definition) is 5. The Hall–Kier alpha value is -1.52. The molecule has 5 nitrogen and oxygen atoms in total. The largest absolute Gasteiger partial charge is 0.469 e. The molecular weight excluding hydrogens is 332 g/mol. The minimum Gasteiger partial charge on any atom is -0.469 e. The number of carbonyl (C=O) groups is 4. The highest BCUT2D eigenvalue weighted by atomic mass is 16.5. The van der Waals surface area contributed by atoms with Gasteiger partial charge >= 0.3 is 5.97 Å². The molecule has 0 amide bonds. The fourth-order valence-electron chi connectivity index (χ4n) is 6.07. The average molecular weight is 362 g/mol. The third kappa shape index (κ3) is 2.93. The molecule has 0 heterocycles. The molecule has 0 saturated heterocycles. The van der Waals surface area contributed by atoms with Crippen LogP contribution in [0.4, 0.5) is 0 Å². The second kappa shape index (κ2) is 6.90. The Kier molecular flexibility index (Phi) is 5.11. The van der Waals surface area contributed by atoms with Crippen molar-refractivity contribution in [2.24, 2.45) is 28.6 Å². The van der Waals surface area contributed by atoms with Crippen molar-refractivity contribution < 1.29 is 23.9 Å². The highest BCUT2D eigenvalue weighted by Crippen LogP contribution is 2.60. The van der Waals surface area contributed by atoms with Crippen LogP contribution in [0, 0.1) is 28.6 Å². The number of esters is 1. The van der Waals surface area contributed by atoms with Gasteiger partial charge in [0, 0.05) is 42.4 Å². The summed E-state index contributed by atoms with van der Waals surface area (Å²) in [6.07, 6.45) is 5.34. The van der Waals surface area contributed by atoms with Crippen LogP contribution in [0.1, 0.15) is 71.6 Å². The van der Waals surface area contributed by atoms with E-state index in [-0.39, 0.29) is 41.1 Å². The molecule has 3 aliphatic carbocycles. The van der Waals surface area contributed by atoms with Gasteiger partial charge in [-0.1, -0.05) is 20.3 Å². The number of methoxy groups -OCH3 is 1. The molecule has 0 aliphatic heterocycles. The Labute approximate surface area is 155 Å². The van der Waals surface area contributed by atoms with E-state index >= 15 is 0 Å². The zero-order chi connectivity index (χ0) is 19.1. The molecule has 0 N–H and O–H groups in total. The summed E-state index contributed by atoms with van der Waals surface area (Å²) >= 11 is 0. The lowest BCUT2D eigenvalue weighted by Gasteiger charge is -2.53. The zero-order valence-corrected chi connectivity index (χ0v) is 16.1. The van der Waals surface area contributed by atoms with E-state index in [4.69, 9.17) is 0 Å². The van der Waals surface area contributed by atoms with Crippen LogP contribution in [-0.4, -0.2) is 30.4 Å². The highest BCUT2D eigenvalue weighted by molar-refractivity contribution is 5.99. The molecule has 0 aromatic carbocycles. The Morgan fingerprint density at radius 3 is 2.46 bits per heavy atom. The number of hydrogen-bond donors (Lipinski definition) is 0. The van der Waals surface area contributed by atoms with Gasteiger partial charge in [-0.15, -0.1) is 0 Å².